The summed E-state index contributed by atoms with van der Waals surface area (Å²) in [5.74, 6) is 1.72. The molecule has 3 fully saturated rings. The third-order valence-corrected chi connectivity index (χ3v) is 6.42. The minimum Gasteiger partial charge on any atom is -0.379 e. The lowest BCUT2D eigenvalue weighted by Gasteiger charge is -2.41. The zero-order valence-corrected chi connectivity index (χ0v) is 16.1. The summed E-state index contributed by atoms with van der Waals surface area (Å²) in [6, 6.07) is 0.684. The zero-order chi connectivity index (χ0) is 17.8. The van der Waals surface area contributed by atoms with Crippen molar-refractivity contribution in [3.05, 3.63) is 18.0 Å². The largest absolute Gasteiger partial charge is 0.379 e. The minimum absolute atomic E-state index is 0.684. The monoisotopic (exact) mass is 359 g/mol. The molecule has 6 nitrogen and oxygen atoms in total. The van der Waals surface area contributed by atoms with E-state index in [1.165, 1.54) is 44.3 Å². The molecule has 1 atom stereocenters. The van der Waals surface area contributed by atoms with Crippen molar-refractivity contribution in [1.29, 1.82) is 0 Å². The molecule has 0 spiro atoms. The van der Waals surface area contributed by atoms with Crippen LogP contribution in [0.1, 0.15) is 38.2 Å². The van der Waals surface area contributed by atoms with Gasteiger partial charge < -0.3 is 9.64 Å². The lowest BCUT2D eigenvalue weighted by Crippen LogP contribution is -2.48. The van der Waals surface area contributed by atoms with Crippen molar-refractivity contribution in [2.24, 2.45) is 5.92 Å². The van der Waals surface area contributed by atoms with Gasteiger partial charge >= 0.3 is 0 Å². The number of ether oxygens (including phenoxy) is 1. The number of morpholine rings is 1. The topological polar surface area (TPSA) is 44.7 Å². The third kappa shape index (κ3) is 4.35. The van der Waals surface area contributed by atoms with Gasteiger partial charge in [-0.2, -0.15) is 0 Å². The van der Waals surface area contributed by atoms with Crippen LogP contribution in [0.5, 0.6) is 0 Å². The second-order valence-electron chi connectivity index (χ2n) is 8.09. The van der Waals surface area contributed by atoms with Gasteiger partial charge in [0.2, 0.25) is 5.95 Å². The fraction of sp³-hybridized carbons (Fsp3) is 0.800. The molecule has 3 aliphatic rings. The van der Waals surface area contributed by atoms with E-state index in [-0.39, 0.29) is 0 Å². The summed E-state index contributed by atoms with van der Waals surface area (Å²) in [4.78, 5) is 16.7. The fourth-order valence-corrected chi connectivity index (χ4v) is 4.64. The molecule has 0 saturated carbocycles. The van der Waals surface area contributed by atoms with Gasteiger partial charge in [0.1, 0.15) is 0 Å². The number of aromatic nitrogens is 2. The van der Waals surface area contributed by atoms with E-state index in [2.05, 4.69) is 31.6 Å². The van der Waals surface area contributed by atoms with Gasteiger partial charge in [-0.25, -0.2) is 9.97 Å². The van der Waals surface area contributed by atoms with Gasteiger partial charge in [-0.1, -0.05) is 0 Å². The zero-order valence-electron chi connectivity index (χ0n) is 16.1. The van der Waals surface area contributed by atoms with Crippen molar-refractivity contribution in [3.63, 3.8) is 0 Å². The Hall–Kier alpha value is -1.24. The molecular formula is C20H33N5O. The van der Waals surface area contributed by atoms with Crippen molar-refractivity contribution in [3.8, 4) is 0 Å². The number of rotatable bonds is 5. The molecule has 6 heteroatoms. The van der Waals surface area contributed by atoms with Crippen molar-refractivity contribution in [2.75, 3.05) is 57.4 Å². The van der Waals surface area contributed by atoms with E-state index in [1.54, 1.807) is 0 Å². The van der Waals surface area contributed by atoms with Crippen LogP contribution >= 0.6 is 0 Å². The molecule has 3 saturated heterocycles. The molecule has 0 aromatic carbocycles. The second kappa shape index (κ2) is 8.63. The number of nitrogens with zero attached hydrogens (tertiary/aromatic N) is 5. The molecule has 1 unspecified atom stereocenters. The van der Waals surface area contributed by atoms with Crippen molar-refractivity contribution >= 4 is 5.95 Å². The molecule has 4 rings (SSSR count). The first-order valence-corrected chi connectivity index (χ1v) is 10.4. The molecule has 0 radical (unpaired) electrons. The number of anilines is 1. The van der Waals surface area contributed by atoms with Crippen LogP contribution in [0.4, 0.5) is 5.95 Å². The van der Waals surface area contributed by atoms with Crippen molar-refractivity contribution in [2.45, 2.75) is 45.2 Å². The van der Waals surface area contributed by atoms with Crippen LogP contribution in [-0.4, -0.2) is 78.3 Å². The van der Waals surface area contributed by atoms with Crippen LogP contribution in [-0.2, 0) is 11.3 Å². The van der Waals surface area contributed by atoms with E-state index in [9.17, 15) is 0 Å². The Morgan fingerprint density at radius 3 is 2.31 bits per heavy atom. The molecule has 144 valence electrons. The van der Waals surface area contributed by atoms with E-state index < -0.39 is 0 Å². The van der Waals surface area contributed by atoms with Crippen LogP contribution in [0.3, 0.4) is 0 Å². The summed E-state index contributed by atoms with van der Waals surface area (Å²) in [6.45, 7) is 12.0. The Balaban J connectivity index is 1.24. The molecule has 1 aromatic heterocycles. The predicted octanol–water partition coefficient (Wildman–Crippen LogP) is 2.01. The molecule has 3 aliphatic heterocycles. The van der Waals surface area contributed by atoms with Gasteiger partial charge in [0, 0.05) is 56.7 Å². The molecule has 1 aromatic rings. The van der Waals surface area contributed by atoms with E-state index in [0.717, 1.165) is 57.8 Å². The van der Waals surface area contributed by atoms with Gasteiger partial charge in [-0.05, 0) is 51.6 Å². The summed E-state index contributed by atoms with van der Waals surface area (Å²) in [6.07, 6.45) is 9.19. The molecular weight excluding hydrogens is 326 g/mol. The molecule has 0 aliphatic carbocycles. The summed E-state index contributed by atoms with van der Waals surface area (Å²) in [5, 5.41) is 0. The van der Waals surface area contributed by atoms with E-state index in [1.807, 2.05) is 12.4 Å². The van der Waals surface area contributed by atoms with Crippen molar-refractivity contribution in [1.82, 2.24) is 19.8 Å². The standard InChI is InChI=1S/C20H33N5O/c1-17(24-10-12-26-13-11-24)19-4-8-23(9-5-19)16-18-14-21-20(22-15-18)25-6-2-3-7-25/h14-15,17,19H,2-13,16H2,1H3. The van der Waals surface area contributed by atoms with E-state index in [4.69, 9.17) is 4.74 Å². The molecule has 4 heterocycles. The highest BCUT2D eigenvalue weighted by atomic mass is 16.5. The van der Waals surface area contributed by atoms with E-state index in [0.29, 0.717) is 6.04 Å². The summed E-state index contributed by atoms with van der Waals surface area (Å²) < 4.78 is 5.50. The first kappa shape index (κ1) is 18.1. The third-order valence-electron chi connectivity index (χ3n) is 6.42. The first-order chi connectivity index (χ1) is 12.8. The maximum Gasteiger partial charge on any atom is 0.225 e. The fourth-order valence-electron chi connectivity index (χ4n) is 4.64. The Morgan fingerprint density at radius 2 is 1.65 bits per heavy atom. The Morgan fingerprint density at radius 1 is 1.00 bits per heavy atom. The predicted molar refractivity (Wildman–Crippen MR) is 103 cm³/mol. The first-order valence-electron chi connectivity index (χ1n) is 10.4. The SMILES string of the molecule is CC(C1CCN(Cc2cnc(N3CCCC3)nc2)CC1)N1CCOCC1. The van der Waals surface area contributed by atoms with Crippen LogP contribution in [0, 0.1) is 5.92 Å². The summed E-state index contributed by atoms with van der Waals surface area (Å²) in [5.41, 5.74) is 1.24. The smallest absolute Gasteiger partial charge is 0.225 e. The summed E-state index contributed by atoms with van der Waals surface area (Å²) in [7, 11) is 0. The normalized spacial score (nSPS) is 24.9. The molecule has 26 heavy (non-hydrogen) atoms. The van der Waals surface area contributed by atoms with Gasteiger partial charge in [0.15, 0.2) is 0 Å². The molecule has 0 N–H and O–H groups in total. The molecule has 0 bridgehead atoms. The average Bonchev–Trinajstić information content (AvgIpc) is 3.24. The van der Waals surface area contributed by atoms with Gasteiger partial charge in [-0.15, -0.1) is 0 Å². The van der Waals surface area contributed by atoms with Crippen LogP contribution in [0.25, 0.3) is 0 Å². The maximum absolute atomic E-state index is 5.50. The minimum atomic E-state index is 0.684. The lowest BCUT2D eigenvalue weighted by atomic mass is 9.89. The number of piperidine rings is 1. The van der Waals surface area contributed by atoms with Crippen LogP contribution in [0.15, 0.2) is 12.4 Å². The van der Waals surface area contributed by atoms with Crippen LogP contribution in [0.2, 0.25) is 0 Å². The second-order valence-corrected chi connectivity index (χ2v) is 8.09. The van der Waals surface area contributed by atoms with E-state index >= 15 is 0 Å². The van der Waals surface area contributed by atoms with Crippen molar-refractivity contribution < 1.29 is 4.74 Å². The van der Waals surface area contributed by atoms with Gasteiger partial charge in [-0.3, -0.25) is 9.80 Å². The highest BCUT2D eigenvalue weighted by Gasteiger charge is 2.28. The Kier molecular flexibility index (Phi) is 6.02. The quantitative estimate of drug-likeness (QED) is 0.801. The maximum atomic E-state index is 5.50. The summed E-state index contributed by atoms with van der Waals surface area (Å²) >= 11 is 0. The number of hydrogen-bond donors (Lipinski definition) is 0. The highest BCUT2D eigenvalue weighted by Crippen LogP contribution is 2.25. The lowest BCUT2D eigenvalue weighted by molar-refractivity contribution is -0.00193. The van der Waals surface area contributed by atoms with Gasteiger partial charge in [0.05, 0.1) is 13.2 Å². The number of hydrogen-bond acceptors (Lipinski definition) is 6. The molecule has 0 amide bonds. The Labute approximate surface area is 157 Å². The van der Waals surface area contributed by atoms with Crippen LogP contribution < -0.4 is 4.90 Å². The highest BCUT2D eigenvalue weighted by molar-refractivity contribution is 5.30. The average molecular weight is 360 g/mol. The Bertz CT molecular complexity index is 546. The van der Waals surface area contributed by atoms with Gasteiger partial charge in [0.25, 0.3) is 0 Å². The number of likely N-dealkylation sites (tertiary alicyclic amines) is 1.